The number of Topliss-reactive ketones (excluding diaryl/α,β-unsaturated/α-hetero) is 1. The van der Waals surface area contributed by atoms with Crippen LogP contribution < -0.4 is 0 Å². The SMILES string of the molecule is CCCCc1cc(-c2c(F)ccc(C(F)(F)F)c2C(=O)C(=O)OC)ccc1C. The predicted octanol–water partition coefficient (Wildman–Crippen LogP) is 5.52. The van der Waals surface area contributed by atoms with Crippen molar-refractivity contribution in [3.8, 4) is 11.1 Å². The van der Waals surface area contributed by atoms with E-state index >= 15 is 0 Å². The van der Waals surface area contributed by atoms with E-state index < -0.39 is 40.4 Å². The average molecular weight is 396 g/mol. The van der Waals surface area contributed by atoms with Crippen molar-refractivity contribution in [1.29, 1.82) is 0 Å². The van der Waals surface area contributed by atoms with E-state index in [0.717, 1.165) is 31.1 Å². The zero-order valence-corrected chi connectivity index (χ0v) is 15.7. The van der Waals surface area contributed by atoms with E-state index in [0.29, 0.717) is 18.6 Å². The first-order chi connectivity index (χ1) is 13.1. The molecule has 3 nitrogen and oxygen atoms in total. The van der Waals surface area contributed by atoms with Gasteiger partial charge in [-0.1, -0.05) is 31.5 Å². The number of carbonyl (C=O) groups is 2. The number of hydrogen-bond acceptors (Lipinski definition) is 3. The van der Waals surface area contributed by atoms with Crippen molar-refractivity contribution in [1.82, 2.24) is 0 Å². The van der Waals surface area contributed by atoms with Gasteiger partial charge in [-0.05, 0) is 48.6 Å². The third kappa shape index (κ3) is 4.40. The lowest BCUT2D eigenvalue weighted by Crippen LogP contribution is -2.22. The first kappa shape index (κ1) is 21.6. The minimum Gasteiger partial charge on any atom is -0.463 e. The Labute approximate surface area is 160 Å². The van der Waals surface area contributed by atoms with Crippen molar-refractivity contribution in [2.75, 3.05) is 7.11 Å². The normalized spacial score (nSPS) is 11.4. The summed E-state index contributed by atoms with van der Waals surface area (Å²) >= 11 is 0. The van der Waals surface area contributed by atoms with E-state index in [1.165, 1.54) is 6.07 Å². The molecule has 0 radical (unpaired) electrons. The van der Waals surface area contributed by atoms with Crippen molar-refractivity contribution in [3.05, 3.63) is 58.4 Å². The average Bonchev–Trinajstić information content (AvgIpc) is 2.65. The standard InChI is InChI=1S/C21H20F4O3/c1-4-5-6-13-11-14(8-7-12(13)2)17-16(22)10-9-15(21(23,24)25)18(17)19(26)20(27)28-3/h7-11H,4-6H2,1-3H3. The largest absolute Gasteiger partial charge is 0.463 e. The summed E-state index contributed by atoms with van der Waals surface area (Å²) in [6, 6.07) is 5.78. The molecule has 150 valence electrons. The molecule has 2 aromatic rings. The van der Waals surface area contributed by atoms with Gasteiger partial charge in [0.25, 0.3) is 5.78 Å². The summed E-state index contributed by atoms with van der Waals surface area (Å²) in [5.74, 6) is -4.05. The van der Waals surface area contributed by atoms with Gasteiger partial charge < -0.3 is 4.74 Å². The lowest BCUT2D eigenvalue weighted by Gasteiger charge is -2.17. The highest BCUT2D eigenvalue weighted by molar-refractivity contribution is 6.42. The van der Waals surface area contributed by atoms with Gasteiger partial charge in [0.1, 0.15) is 5.82 Å². The Kier molecular flexibility index (Phi) is 6.59. The third-order valence-corrected chi connectivity index (χ3v) is 4.50. The third-order valence-electron chi connectivity index (χ3n) is 4.50. The molecule has 0 unspecified atom stereocenters. The van der Waals surface area contributed by atoms with Crippen LogP contribution in [0.1, 0.15) is 46.8 Å². The Morgan fingerprint density at radius 3 is 2.36 bits per heavy atom. The van der Waals surface area contributed by atoms with Crippen molar-refractivity contribution < 1.29 is 31.9 Å². The van der Waals surface area contributed by atoms with Crippen molar-refractivity contribution in [2.24, 2.45) is 0 Å². The highest BCUT2D eigenvalue weighted by Gasteiger charge is 2.39. The van der Waals surface area contributed by atoms with Gasteiger partial charge in [-0.15, -0.1) is 0 Å². The van der Waals surface area contributed by atoms with Gasteiger partial charge in [0.2, 0.25) is 0 Å². The molecule has 2 rings (SSSR count). The van der Waals surface area contributed by atoms with Crippen LogP contribution in [0.3, 0.4) is 0 Å². The number of carbonyl (C=O) groups excluding carboxylic acids is 2. The zero-order chi connectivity index (χ0) is 21.1. The number of halogens is 4. The summed E-state index contributed by atoms with van der Waals surface area (Å²) in [5.41, 5.74) is -1.12. The second-order valence-corrected chi connectivity index (χ2v) is 6.41. The molecule has 0 amide bonds. The van der Waals surface area contributed by atoms with Gasteiger partial charge in [0, 0.05) is 5.56 Å². The van der Waals surface area contributed by atoms with Crippen LogP contribution in [-0.4, -0.2) is 18.9 Å². The van der Waals surface area contributed by atoms with E-state index in [2.05, 4.69) is 4.74 Å². The Hall–Kier alpha value is -2.70. The molecule has 0 saturated heterocycles. The Balaban J connectivity index is 2.80. The van der Waals surface area contributed by atoms with Crippen LogP contribution in [0, 0.1) is 12.7 Å². The van der Waals surface area contributed by atoms with Crippen LogP contribution in [0.15, 0.2) is 30.3 Å². The minimum atomic E-state index is -4.95. The number of alkyl halides is 3. The Bertz CT molecular complexity index is 901. The molecule has 0 bridgehead atoms. The number of aryl methyl sites for hydroxylation is 2. The number of esters is 1. The summed E-state index contributed by atoms with van der Waals surface area (Å²) in [7, 11) is 0.876. The smallest absolute Gasteiger partial charge is 0.417 e. The highest BCUT2D eigenvalue weighted by atomic mass is 19.4. The van der Waals surface area contributed by atoms with Gasteiger partial charge in [-0.3, -0.25) is 4.79 Å². The van der Waals surface area contributed by atoms with Crippen LogP contribution in [0.25, 0.3) is 11.1 Å². The lowest BCUT2D eigenvalue weighted by atomic mass is 9.89. The summed E-state index contributed by atoms with van der Waals surface area (Å²) in [5, 5.41) is 0. The molecule has 7 heteroatoms. The maximum atomic E-state index is 14.6. The molecular weight excluding hydrogens is 376 g/mol. The van der Waals surface area contributed by atoms with Crippen LogP contribution in [0.5, 0.6) is 0 Å². The highest BCUT2D eigenvalue weighted by Crippen LogP contribution is 2.39. The van der Waals surface area contributed by atoms with Gasteiger partial charge >= 0.3 is 12.1 Å². The Morgan fingerprint density at radius 1 is 1.11 bits per heavy atom. The monoisotopic (exact) mass is 396 g/mol. The van der Waals surface area contributed by atoms with Crippen molar-refractivity contribution in [2.45, 2.75) is 39.3 Å². The number of ketones is 1. The molecule has 0 atom stereocenters. The second-order valence-electron chi connectivity index (χ2n) is 6.41. The summed E-state index contributed by atoms with van der Waals surface area (Å²) in [6.07, 6.45) is -2.52. The maximum Gasteiger partial charge on any atom is 0.417 e. The minimum absolute atomic E-state index is 0.104. The fourth-order valence-corrected chi connectivity index (χ4v) is 2.99. The molecule has 0 fully saturated rings. The number of ether oxygens (including phenoxy) is 1. The van der Waals surface area contributed by atoms with E-state index in [1.807, 2.05) is 13.8 Å². The summed E-state index contributed by atoms with van der Waals surface area (Å²) < 4.78 is 59.4. The molecule has 0 saturated carbocycles. The topological polar surface area (TPSA) is 43.4 Å². The summed E-state index contributed by atoms with van der Waals surface area (Å²) in [4.78, 5) is 24.1. The molecule has 0 aromatic heterocycles. The second kappa shape index (κ2) is 8.54. The number of hydrogen-bond donors (Lipinski definition) is 0. The molecule has 28 heavy (non-hydrogen) atoms. The van der Waals surface area contributed by atoms with Gasteiger partial charge in [0.05, 0.1) is 18.2 Å². The maximum absolute atomic E-state index is 14.6. The van der Waals surface area contributed by atoms with Gasteiger partial charge in [-0.2, -0.15) is 13.2 Å². The van der Waals surface area contributed by atoms with Crippen molar-refractivity contribution >= 4 is 11.8 Å². The quantitative estimate of drug-likeness (QED) is 0.280. The molecule has 0 aliphatic rings. The van der Waals surface area contributed by atoms with E-state index in [-0.39, 0.29) is 5.56 Å². The first-order valence-electron chi connectivity index (χ1n) is 8.74. The summed E-state index contributed by atoms with van der Waals surface area (Å²) in [6.45, 7) is 3.84. The fraction of sp³-hybridized carbons (Fsp3) is 0.333. The zero-order valence-electron chi connectivity index (χ0n) is 15.7. The van der Waals surface area contributed by atoms with Crippen molar-refractivity contribution in [3.63, 3.8) is 0 Å². The molecule has 0 spiro atoms. The van der Waals surface area contributed by atoms with Crippen LogP contribution in [0.2, 0.25) is 0 Å². The van der Waals surface area contributed by atoms with Gasteiger partial charge in [-0.25, -0.2) is 9.18 Å². The predicted molar refractivity (Wildman–Crippen MR) is 96.5 cm³/mol. The first-order valence-corrected chi connectivity index (χ1v) is 8.74. The number of methoxy groups -OCH3 is 1. The number of rotatable bonds is 6. The van der Waals surface area contributed by atoms with E-state index in [9.17, 15) is 27.2 Å². The number of benzene rings is 2. The van der Waals surface area contributed by atoms with Crippen LogP contribution >= 0.6 is 0 Å². The Morgan fingerprint density at radius 2 is 1.79 bits per heavy atom. The molecule has 0 heterocycles. The van der Waals surface area contributed by atoms with Gasteiger partial charge in [0.15, 0.2) is 0 Å². The molecule has 0 aliphatic heterocycles. The fourth-order valence-electron chi connectivity index (χ4n) is 2.99. The molecule has 2 aromatic carbocycles. The lowest BCUT2D eigenvalue weighted by molar-refractivity contribution is -0.138. The van der Waals surface area contributed by atoms with E-state index in [1.54, 1.807) is 12.1 Å². The molecule has 0 aliphatic carbocycles. The van der Waals surface area contributed by atoms with Crippen LogP contribution in [-0.2, 0) is 22.1 Å². The van der Waals surface area contributed by atoms with Crippen LogP contribution in [0.4, 0.5) is 17.6 Å². The number of unbranched alkanes of at least 4 members (excludes halogenated alkanes) is 1. The van der Waals surface area contributed by atoms with E-state index in [4.69, 9.17) is 0 Å². The molecular formula is C21H20F4O3. The molecule has 0 N–H and O–H groups in total.